The van der Waals surface area contributed by atoms with Crippen molar-refractivity contribution in [2.24, 2.45) is 0 Å². The number of halogens is 1. The van der Waals surface area contributed by atoms with Crippen molar-refractivity contribution in [3.63, 3.8) is 0 Å². The van der Waals surface area contributed by atoms with Crippen LogP contribution in [0.1, 0.15) is 15.9 Å². The molecule has 35 heavy (non-hydrogen) atoms. The molecule has 9 heteroatoms. The minimum Gasteiger partial charge on any atom is -0.396 e. The molecule has 0 aliphatic carbocycles. The Balaban J connectivity index is 1.48. The van der Waals surface area contributed by atoms with E-state index in [-0.39, 0.29) is 18.0 Å². The lowest BCUT2D eigenvalue weighted by Crippen LogP contribution is -2.36. The number of likely N-dealkylation sites (N-methyl/N-ethyl adjacent to an activating group) is 1. The quantitative estimate of drug-likeness (QED) is 0.380. The average molecular weight is 473 g/mol. The fraction of sp³-hybridized carbons (Fsp3) is 0.154. The van der Waals surface area contributed by atoms with Crippen molar-refractivity contribution in [2.45, 2.75) is 6.54 Å². The van der Waals surface area contributed by atoms with Gasteiger partial charge in [0.2, 0.25) is 5.91 Å². The van der Waals surface area contributed by atoms with E-state index in [0.717, 1.165) is 16.5 Å². The van der Waals surface area contributed by atoms with Gasteiger partial charge in [0.1, 0.15) is 11.6 Å². The van der Waals surface area contributed by atoms with Gasteiger partial charge in [-0.1, -0.05) is 18.2 Å². The summed E-state index contributed by atoms with van der Waals surface area (Å²) < 4.78 is 14.7. The molecule has 0 bridgehead atoms. The Kier molecular flexibility index (Phi) is 6.86. The topological polar surface area (TPSA) is 113 Å². The number of benzene rings is 2. The van der Waals surface area contributed by atoms with Crippen LogP contribution < -0.4 is 16.4 Å². The van der Waals surface area contributed by atoms with E-state index < -0.39 is 11.7 Å². The number of nitrogens with zero attached hydrogens (tertiary/aromatic N) is 3. The van der Waals surface area contributed by atoms with Crippen molar-refractivity contribution in [3.8, 4) is 11.3 Å². The molecular weight excluding hydrogens is 447 g/mol. The summed E-state index contributed by atoms with van der Waals surface area (Å²) in [6, 6.07) is 17.5. The Morgan fingerprint density at radius 1 is 1.06 bits per heavy atom. The molecule has 8 nitrogen and oxygen atoms in total. The van der Waals surface area contributed by atoms with E-state index >= 15 is 0 Å². The molecule has 0 fully saturated rings. The summed E-state index contributed by atoms with van der Waals surface area (Å²) in [6.45, 7) is 0.278. The smallest absolute Gasteiger partial charge is 0.254 e. The van der Waals surface area contributed by atoms with E-state index in [1.165, 1.54) is 17.0 Å². The molecule has 2 aromatic heterocycles. The lowest BCUT2D eigenvalue weighted by atomic mass is 10.1. The van der Waals surface area contributed by atoms with Crippen LogP contribution in [0.25, 0.3) is 22.2 Å². The Morgan fingerprint density at radius 3 is 2.66 bits per heavy atom. The number of rotatable bonds is 7. The lowest BCUT2D eigenvalue weighted by Gasteiger charge is -2.13. The standard InChI is InChI=1S/C26H25FN6O2/c1-33(2)24(34)15-31-26(35)19-7-6-18(13-20(19)27)23-10-8-21(28)25(32-23)30-14-16-5-9-22-17(12-16)4-3-11-29-22/h3-13H,14-15,28H2,1-2H3,(H,30,32)(H,31,35). The molecule has 0 unspecified atom stereocenters. The van der Waals surface area contributed by atoms with Gasteiger partial charge in [-0.3, -0.25) is 14.6 Å². The second-order valence-electron chi connectivity index (χ2n) is 8.18. The van der Waals surface area contributed by atoms with Gasteiger partial charge in [0.15, 0.2) is 0 Å². The molecule has 4 aromatic rings. The van der Waals surface area contributed by atoms with E-state index in [1.54, 1.807) is 38.5 Å². The third-order valence-corrected chi connectivity index (χ3v) is 5.46. The largest absolute Gasteiger partial charge is 0.396 e. The monoisotopic (exact) mass is 472 g/mol. The van der Waals surface area contributed by atoms with Crippen molar-refractivity contribution in [2.75, 3.05) is 31.7 Å². The minimum atomic E-state index is -0.713. The van der Waals surface area contributed by atoms with Crippen LogP contribution in [-0.2, 0) is 11.3 Å². The van der Waals surface area contributed by atoms with E-state index in [1.807, 2.05) is 30.3 Å². The molecule has 178 valence electrons. The summed E-state index contributed by atoms with van der Waals surface area (Å²) in [5.41, 5.74) is 9.34. The number of aromatic nitrogens is 2. The van der Waals surface area contributed by atoms with Crippen LogP contribution in [0.15, 0.2) is 66.9 Å². The maximum Gasteiger partial charge on any atom is 0.254 e. The molecule has 2 heterocycles. The Morgan fingerprint density at radius 2 is 1.89 bits per heavy atom. The van der Waals surface area contributed by atoms with Gasteiger partial charge in [-0.25, -0.2) is 9.37 Å². The number of hydrogen-bond acceptors (Lipinski definition) is 6. The molecule has 4 rings (SSSR count). The Bertz CT molecular complexity index is 1410. The normalized spacial score (nSPS) is 10.7. The zero-order chi connectivity index (χ0) is 24.9. The fourth-order valence-corrected chi connectivity index (χ4v) is 3.46. The van der Waals surface area contributed by atoms with Gasteiger partial charge in [0, 0.05) is 37.8 Å². The number of anilines is 2. The van der Waals surface area contributed by atoms with Gasteiger partial charge in [-0.15, -0.1) is 0 Å². The van der Waals surface area contributed by atoms with Crippen LogP contribution in [0.4, 0.5) is 15.9 Å². The third-order valence-electron chi connectivity index (χ3n) is 5.46. The predicted octanol–water partition coefficient (Wildman–Crippen LogP) is 3.45. The number of carbonyl (C=O) groups excluding carboxylic acids is 2. The van der Waals surface area contributed by atoms with Crippen LogP contribution in [0, 0.1) is 5.82 Å². The third kappa shape index (κ3) is 5.52. The zero-order valence-corrected chi connectivity index (χ0v) is 19.4. The first-order valence-corrected chi connectivity index (χ1v) is 10.9. The highest BCUT2D eigenvalue weighted by Crippen LogP contribution is 2.25. The molecule has 0 saturated heterocycles. The highest BCUT2D eigenvalue weighted by Gasteiger charge is 2.15. The molecule has 0 saturated carbocycles. The van der Waals surface area contributed by atoms with E-state index in [2.05, 4.69) is 20.6 Å². The Hall–Kier alpha value is -4.53. The zero-order valence-electron chi connectivity index (χ0n) is 19.4. The molecule has 2 amide bonds. The van der Waals surface area contributed by atoms with Crippen LogP contribution in [0.2, 0.25) is 0 Å². The number of nitrogens with two attached hydrogens (primary N) is 1. The maximum absolute atomic E-state index is 14.7. The first-order chi connectivity index (χ1) is 16.8. The first-order valence-electron chi connectivity index (χ1n) is 10.9. The lowest BCUT2D eigenvalue weighted by molar-refractivity contribution is -0.127. The van der Waals surface area contributed by atoms with Gasteiger partial charge >= 0.3 is 0 Å². The molecule has 4 N–H and O–H groups in total. The van der Waals surface area contributed by atoms with Crippen molar-refractivity contribution < 1.29 is 14.0 Å². The SMILES string of the molecule is CN(C)C(=O)CNC(=O)c1ccc(-c2ccc(N)c(NCc3ccc4ncccc4c3)n2)cc1F. The molecule has 2 aromatic carbocycles. The van der Waals surface area contributed by atoms with Crippen LogP contribution >= 0.6 is 0 Å². The summed E-state index contributed by atoms with van der Waals surface area (Å²) in [7, 11) is 3.15. The number of nitrogens with one attached hydrogen (secondary N) is 2. The molecule has 0 spiro atoms. The van der Waals surface area contributed by atoms with E-state index in [0.29, 0.717) is 29.3 Å². The molecule has 0 aliphatic rings. The summed E-state index contributed by atoms with van der Waals surface area (Å²) in [6.07, 6.45) is 1.75. The predicted molar refractivity (Wildman–Crippen MR) is 134 cm³/mol. The number of fused-ring (bicyclic) bond motifs is 1. The summed E-state index contributed by atoms with van der Waals surface area (Å²) >= 11 is 0. The van der Waals surface area contributed by atoms with Crippen molar-refractivity contribution in [1.29, 1.82) is 0 Å². The highest BCUT2D eigenvalue weighted by molar-refractivity contribution is 5.97. The second-order valence-corrected chi connectivity index (χ2v) is 8.18. The maximum atomic E-state index is 14.7. The van der Waals surface area contributed by atoms with Gasteiger partial charge in [0.25, 0.3) is 5.91 Å². The summed E-state index contributed by atoms with van der Waals surface area (Å²) in [5, 5.41) is 6.69. The summed E-state index contributed by atoms with van der Waals surface area (Å²) in [5.74, 6) is -1.20. The molecule has 0 radical (unpaired) electrons. The minimum absolute atomic E-state index is 0.153. The van der Waals surface area contributed by atoms with Crippen molar-refractivity contribution >= 4 is 34.2 Å². The van der Waals surface area contributed by atoms with Gasteiger partial charge in [-0.05, 0) is 48.0 Å². The highest BCUT2D eigenvalue weighted by atomic mass is 19.1. The first kappa shape index (κ1) is 23.6. The fourth-order valence-electron chi connectivity index (χ4n) is 3.46. The average Bonchev–Trinajstić information content (AvgIpc) is 2.86. The van der Waals surface area contributed by atoms with Gasteiger partial charge < -0.3 is 21.3 Å². The van der Waals surface area contributed by atoms with Crippen LogP contribution in [-0.4, -0.2) is 47.3 Å². The number of carbonyl (C=O) groups is 2. The van der Waals surface area contributed by atoms with Crippen LogP contribution in [0.3, 0.4) is 0 Å². The van der Waals surface area contributed by atoms with E-state index in [4.69, 9.17) is 5.73 Å². The van der Waals surface area contributed by atoms with Crippen LogP contribution in [0.5, 0.6) is 0 Å². The number of amides is 2. The summed E-state index contributed by atoms with van der Waals surface area (Å²) in [4.78, 5) is 34.1. The van der Waals surface area contributed by atoms with Gasteiger partial charge in [0.05, 0.1) is 29.0 Å². The number of hydrogen-bond donors (Lipinski definition) is 3. The number of pyridine rings is 2. The molecular formula is C26H25FN6O2. The Labute approximate surface area is 202 Å². The van der Waals surface area contributed by atoms with Crippen molar-refractivity contribution in [3.05, 3.63) is 83.8 Å². The second kappa shape index (κ2) is 10.2. The van der Waals surface area contributed by atoms with E-state index in [9.17, 15) is 14.0 Å². The molecule has 0 aliphatic heterocycles. The van der Waals surface area contributed by atoms with Crippen molar-refractivity contribution in [1.82, 2.24) is 20.2 Å². The molecule has 0 atom stereocenters. The number of nitrogen functional groups attached to an aromatic ring is 1. The van der Waals surface area contributed by atoms with Gasteiger partial charge in [-0.2, -0.15) is 0 Å².